The molecule has 2 N–H and O–H groups in total. The molecule has 1 amide bonds. The summed E-state index contributed by atoms with van der Waals surface area (Å²) in [7, 11) is 1.58. The molecule has 0 radical (unpaired) electrons. The minimum absolute atomic E-state index is 0.0542. The number of methoxy groups -OCH3 is 1. The van der Waals surface area contributed by atoms with E-state index in [1.54, 1.807) is 7.11 Å². The highest BCUT2D eigenvalue weighted by Gasteiger charge is 2.14. The van der Waals surface area contributed by atoms with Crippen molar-refractivity contribution in [2.75, 3.05) is 13.7 Å². The number of hydrogen-bond acceptors (Lipinski definition) is 4. The minimum atomic E-state index is -1.07. The van der Waals surface area contributed by atoms with E-state index in [-0.39, 0.29) is 23.2 Å². The highest BCUT2D eigenvalue weighted by Crippen LogP contribution is 2.03. The van der Waals surface area contributed by atoms with Crippen LogP contribution in [-0.4, -0.2) is 41.7 Å². The summed E-state index contributed by atoms with van der Waals surface area (Å²) in [5, 5.41) is 11.6. The third-order valence-corrected chi connectivity index (χ3v) is 2.58. The molecule has 0 aliphatic carbocycles. The van der Waals surface area contributed by atoms with Gasteiger partial charge < -0.3 is 15.2 Å². The van der Waals surface area contributed by atoms with E-state index < -0.39 is 5.97 Å². The number of ether oxygens (including phenoxy) is 1. The maximum Gasteiger partial charge on any atom is 0.337 e. The fourth-order valence-electron chi connectivity index (χ4n) is 1.66. The van der Waals surface area contributed by atoms with Crippen LogP contribution < -0.4 is 5.32 Å². The number of aromatic nitrogens is 1. The summed E-state index contributed by atoms with van der Waals surface area (Å²) in [5.74, 6) is -1.39. The lowest BCUT2D eigenvalue weighted by Gasteiger charge is -2.16. The number of carboxylic acid groups (broad SMARTS) is 1. The SMILES string of the molecule is CCCC(COC)NC(=O)c1ccc(C(=O)O)cn1. The number of pyridine rings is 1. The Hall–Kier alpha value is -1.95. The van der Waals surface area contributed by atoms with Crippen LogP contribution in [0.4, 0.5) is 0 Å². The van der Waals surface area contributed by atoms with E-state index in [2.05, 4.69) is 10.3 Å². The van der Waals surface area contributed by atoms with Gasteiger partial charge in [0, 0.05) is 13.3 Å². The maximum absolute atomic E-state index is 11.9. The molecular weight excluding hydrogens is 248 g/mol. The molecule has 1 aromatic heterocycles. The molecule has 1 unspecified atom stereocenters. The number of rotatable bonds is 7. The van der Waals surface area contributed by atoms with Gasteiger partial charge in [0.05, 0.1) is 18.2 Å². The Morgan fingerprint density at radius 1 is 1.47 bits per heavy atom. The molecule has 0 spiro atoms. The van der Waals surface area contributed by atoms with Gasteiger partial charge in [-0.05, 0) is 18.6 Å². The predicted molar refractivity (Wildman–Crippen MR) is 69.2 cm³/mol. The molecule has 6 nitrogen and oxygen atoms in total. The molecule has 0 fully saturated rings. The van der Waals surface area contributed by atoms with Gasteiger partial charge in [0.25, 0.3) is 5.91 Å². The zero-order valence-corrected chi connectivity index (χ0v) is 11.0. The van der Waals surface area contributed by atoms with Gasteiger partial charge >= 0.3 is 5.97 Å². The lowest BCUT2D eigenvalue weighted by Crippen LogP contribution is -2.38. The van der Waals surface area contributed by atoms with Gasteiger partial charge in [-0.2, -0.15) is 0 Å². The molecule has 0 aromatic carbocycles. The first-order valence-corrected chi connectivity index (χ1v) is 6.07. The van der Waals surface area contributed by atoms with Crippen LogP contribution in [0.25, 0.3) is 0 Å². The molecule has 1 rings (SSSR count). The second-order valence-corrected chi connectivity index (χ2v) is 4.15. The van der Waals surface area contributed by atoms with Crippen LogP contribution >= 0.6 is 0 Å². The van der Waals surface area contributed by atoms with Gasteiger partial charge in [0.1, 0.15) is 5.69 Å². The molecule has 1 aromatic rings. The van der Waals surface area contributed by atoms with Crippen molar-refractivity contribution in [1.29, 1.82) is 0 Å². The van der Waals surface area contributed by atoms with Gasteiger partial charge in [0.15, 0.2) is 0 Å². The van der Waals surface area contributed by atoms with Gasteiger partial charge in [-0.15, -0.1) is 0 Å². The lowest BCUT2D eigenvalue weighted by atomic mass is 10.1. The van der Waals surface area contributed by atoms with Gasteiger partial charge in [-0.1, -0.05) is 13.3 Å². The molecule has 104 valence electrons. The summed E-state index contributed by atoms with van der Waals surface area (Å²) < 4.78 is 5.03. The smallest absolute Gasteiger partial charge is 0.337 e. The van der Waals surface area contributed by atoms with E-state index in [1.807, 2.05) is 6.92 Å². The Bertz CT molecular complexity index is 425. The Kier molecular flexibility index (Phi) is 5.95. The number of nitrogens with zero attached hydrogens (tertiary/aromatic N) is 1. The fraction of sp³-hybridized carbons (Fsp3) is 0.462. The highest BCUT2D eigenvalue weighted by atomic mass is 16.5. The van der Waals surface area contributed by atoms with Crippen molar-refractivity contribution in [3.8, 4) is 0 Å². The van der Waals surface area contributed by atoms with E-state index in [0.717, 1.165) is 12.8 Å². The predicted octanol–water partition coefficient (Wildman–Crippen LogP) is 1.32. The zero-order chi connectivity index (χ0) is 14.3. The zero-order valence-electron chi connectivity index (χ0n) is 11.0. The molecule has 0 bridgehead atoms. The molecule has 0 aliphatic rings. The summed E-state index contributed by atoms with van der Waals surface area (Å²) in [6.07, 6.45) is 2.91. The monoisotopic (exact) mass is 266 g/mol. The van der Waals surface area contributed by atoms with Crippen LogP contribution in [0.1, 0.15) is 40.6 Å². The first-order valence-electron chi connectivity index (χ1n) is 6.07. The van der Waals surface area contributed by atoms with Crippen molar-refractivity contribution >= 4 is 11.9 Å². The average Bonchev–Trinajstić information content (AvgIpc) is 2.39. The van der Waals surface area contributed by atoms with Crippen molar-refractivity contribution in [2.24, 2.45) is 0 Å². The van der Waals surface area contributed by atoms with Crippen molar-refractivity contribution in [3.63, 3.8) is 0 Å². The van der Waals surface area contributed by atoms with Crippen molar-refractivity contribution < 1.29 is 19.4 Å². The molecule has 0 aliphatic heterocycles. The quantitative estimate of drug-likeness (QED) is 0.777. The second kappa shape index (κ2) is 7.48. The Morgan fingerprint density at radius 3 is 2.68 bits per heavy atom. The number of aromatic carboxylic acids is 1. The van der Waals surface area contributed by atoms with Crippen molar-refractivity contribution in [2.45, 2.75) is 25.8 Å². The maximum atomic E-state index is 11.9. The lowest BCUT2D eigenvalue weighted by molar-refractivity contribution is 0.0695. The van der Waals surface area contributed by atoms with E-state index in [0.29, 0.717) is 6.61 Å². The van der Waals surface area contributed by atoms with Gasteiger partial charge in [-0.3, -0.25) is 9.78 Å². The van der Waals surface area contributed by atoms with E-state index in [1.165, 1.54) is 18.3 Å². The third-order valence-electron chi connectivity index (χ3n) is 2.58. The van der Waals surface area contributed by atoms with Crippen LogP contribution in [0.3, 0.4) is 0 Å². The normalized spacial score (nSPS) is 11.9. The van der Waals surface area contributed by atoms with E-state index in [9.17, 15) is 9.59 Å². The standard InChI is InChI=1S/C13H18N2O4/c1-3-4-10(8-19-2)15-12(16)11-6-5-9(7-14-11)13(17)18/h5-7,10H,3-4,8H2,1-2H3,(H,15,16)(H,17,18). The molecule has 0 saturated heterocycles. The van der Waals surface area contributed by atoms with Crippen LogP contribution in [0.15, 0.2) is 18.3 Å². The largest absolute Gasteiger partial charge is 0.478 e. The number of nitrogens with one attached hydrogen (secondary N) is 1. The number of carbonyl (C=O) groups excluding carboxylic acids is 1. The number of carboxylic acids is 1. The van der Waals surface area contributed by atoms with E-state index >= 15 is 0 Å². The first kappa shape index (κ1) is 15.1. The highest BCUT2D eigenvalue weighted by molar-refractivity contribution is 5.93. The topological polar surface area (TPSA) is 88.5 Å². The Balaban J connectivity index is 2.68. The van der Waals surface area contributed by atoms with Gasteiger partial charge in [-0.25, -0.2) is 4.79 Å². The first-order chi connectivity index (χ1) is 9.08. The van der Waals surface area contributed by atoms with E-state index in [4.69, 9.17) is 9.84 Å². The fourth-order valence-corrected chi connectivity index (χ4v) is 1.66. The number of amides is 1. The molecule has 19 heavy (non-hydrogen) atoms. The third kappa shape index (κ3) is 4.67. The number of hydrogen-bond donors (Lipinski definition) is 2. The molecule has 6 heteroatoms. The van der Waals surface area contributed by atoms with Crippen LogP contribution in [0, 0.1) is 0 Å². The Labute approximate surface area is 111 Å². The van der Waals surface area contributed by atoms with Gasteiger partial charge in [0.2, 0.25) is 0 Å². The number of carbonyl (C=O) groups is 2. The van der Waals surface area contributed by atoms with Crippen LogP contribution in [0.2, 0.25) is 0 Å². The second-order valence-electron chi connectivity index (χ2n) is 4.15. The van der Waals surface area contributed by atoms with Crippen LogP contribution in [0.5, 0.6) is 0 Å². The molecular formula is C13H18N2O4. The Morgan fingerprint density at radius 2 is 2.21 bits per heavy atom. The van der Waals surface area contributed by atoms with Crippen molar-refractivity contribution in [1.82, 2.24) is 10.3 Å². The molecule has 1 atom stereocenters. The summed E-state index contributed by atoms with van der Waals surface area (Å²) in [5.41, 5.74) is 0.251. The van der Waals surface area contributed by atoms with Crippen LogP contribution in [-0.2, 0) is 4.74 Å². The summed E-state index contributed by atoms with van der Waals surface area (Å²) in [4.78, 5) is 26.4. The summed E-state index contributed by atoms with van der Waals surface area (Å²) in [6.45, 7) is 2.46. The molecule has 0 saturated carbocycles. The van der Waals surface area contributed by atoms with Crippen molar-refractivity contribution in [3.05, 3.63) is 29.6 Å². The summed E-state index contributed by atoms with van der Waals surface area (Å²) >= 11 is 0. The molecule has 1 heterocycles. The summed E-state index contributed by atoms with van der Waals surface area (Å²) in [6, 6.07) is 2.69. The minimum Gasteiger partial charge on any atom is -0.478 e. The average molecular weight is 266 g/mol.